The number of thiol groups is 1. The van der Waals surface area contributed by atoms with Gasteiger partial charge in [0.1, 0.15) is 0 Å². The van der Waals surface area contributed by atoms with Gasteiger partial charge in [0.25, 0.3) is 0 Å². The van der Waals surface area contributed by atoms with Gasteiger partial charge in [-0.2, -0.15) is 4.57 Å². The normalized spacial score (nSPS) is 10.7. The molecule has 0 spiro atoms. The van der Waals surface area contributed by atoms with Gasteiger partial charge >= 0.3 is 0 Å². The number of pyridine rings is 1. The first-order valence-electron chi connectivity index (χ1n) is 5.99. The Morgan fingerprint density at radius 2 is 1.61 bits per heavy atom. The molecule has 0 aliphatic heterocycles. The van der Waals surface area contributed by atoms with Crippen LogP contribution in [0.1, 0.15) is 5.56 Å². The Morgan fingerprint density at radius 3 is 2.44 bits per heavy atom. The van der Waals surface area contributed by atoms with E-state index in [1.807, 2.05) is 18.2 Å². The van der Waals surface area contributed by atoms with Crippen LogP contribution in [0.4, 0.5) is 0 Å². The summed E-state index contributed by atoms with van der Waals surface area (Å²) in [5.74, 6) is 0. The Balaban J connectivity index is 2.12. The van der Waals surface area contributed by atoms with Crippen LogP contribution in [-0.4, -0.2) is 0 Å². The summed E-state index contributed by atoms with van der Waals surface area (Å²) in [7, 11) is 0. The molecule has 0 saturated heterocycles. The van der Waals surface area contributed by atoms with Gasteiger partial charge in [-0.15, -0.1) is 12.6 Å². The maximum atomic E-state index is 4.57. The van der Waals surface area contributed by atoms with Gasteiger partial charge in [0.2, 0.25) is 5.52 Å². The van der Waals surface area contributed by atoms with E-state index in [0.29, 0.717) is 0 Å². The molecule has 88 valence electrons. The maximum Gasteiger partial charge on any atom is 0.226 e. The largest absolute Gasteiger partial charge is 0.226 e. The second-order valence-electron chi connectivity index (χ2n) is 4.34. The molecule has 0 unspecified atom stereocenters. The summed E-state index contributed by atoms with van der Waals surface area (Å²) in [4.78, 5) is 1.02. The third-order valence-corrected chi connectivity index (χ3v) is 3.43. The molecular formula is C16H14NS+. The molecule has 0 saturated carbocycles. The van der Waals surface area contributed by atoms with Crippen LogP contribution in [0.2, 0.25) is 0 Å². The number of para-hydroxylation sites is 1. The summed E-state index contributed by atoms with van der Waals surface area (Å²) in [6.45, 7) is 0.871. The van der Waals surface area contributed by atoms with Crippen molar-refractivity contribution in [3.05, 3.63) is 72.4 Å². The third-order valence-electron chi connectivity index (χ3n) is 3.07. The molecule has 1 aromatic heterocycles. The smallest absolute Gasteiger partial charge is 0.193 e. The third kappa shape index (κ3) is 2.12. The molecule has 18 heavy (non-hydrogen) atoms. The molecule has 2 aromatic carbocycles. The van der Waals surface area contributed by atoms with Crippen molar-refractivity contribution in [1.82, 2.24) is 0 Å². The van der Waals surface area contributed by atoms with E-state index in [1.165, 1.54) is 16.5 Å². The van der Waals surface area contributed by atoms with Gasteiger partial charge in [0.15, 0.2) is 12.7 Å². The van der Waals surface area contributed by atoms with Gasteiger partial charge < -0.3 is 0 Å². The molecule has 1 nitrogen and oxygen atoms in total. The van der Waals surface area contributed by atoms with Crippen LogP contribution >= 0.6 is 12.6 Å². The van der Waals surface area contributed by atoms with Crippen molar-refractivity contribution in [3.63, 3.8) is 0 Å². The zero-order valence-electron chi connectivity index (χ0n) is 9.95. The van der Waals surface area contributed by atoms with Gasteiger partial charge in [0.05, 0.1) is 4.90 Å². The van der Waals surface area contributed by atoms with Crippen LogP contribution in [-0.2, 0) is 6.54 Å². The Kier molecular flexibility index (Phi) is 3.03. The van der Waals surface area contributed by atoms with Crippen LogP contribution in [0.25, 0.3) is 10.9 Å². The van der Waals surface area contributed by atoms with Gasteiger partial charge in [-0.05, 0) is 18.2 Å². The summed E-state index contributed by atoms with van der Waals surface area (Å²) in [5.41, 5.74) is 2.48. The highest BCUT2D eigenvalue weighted by Gasteiger charge is 2.11. The first kappa shape index (κ1) is 11.3. The van der Waals surface area contributed by atoms with Crippen LogP contribution in [0.5, 0.6) is 0 Å². The molecule has 0 amide bonds. The topological polar surface area (TPSA) is 3.88 Å². The van der Waals surface area contributed by atoms with Gasteiger partial charge in [-0.1, -0.05) is 36.4 Å². The lowest BCUT2D eigenvalue weighted by atomic mass is 10.2. The zero-order valence-corrected chi connectivity index (χ0v) is 10.8. The molecule has 3 aromatic rings. The van der Waals surface area contributed by atoms with Gasteiger partial charge in [-0.25, -0.2) is 0 Å². The number of hydrogen-bond acceptors (Lipinski definition) is 1. The zero-order chi connectivity index (χ0) is 12.4. The molecule has 0 bridgehead atoms. The van der Waals surface area contributed by atoms with Crippen molar-refractivity contribution in [2.45, 2.75) is 11.4 Å². The summed E-state index contributed by atoms with van der Waals surface area (Å²) in [5, 5.41) is 1.22. The van der Waals surface area contributed by atoms with Crippen LogP contribution < -0.4 is 4.57 Å². The van der Waals surface area contributed by atoms with E-state index in [4.69, 9.17) is 0 Å². The van der Waals surface area contributed by atoms with Crippen molar-refractivity contribution in [2.75, 3.05) is 0 Å². The fraction of sp³-hybridized carbons (Fsp3) is 0.0625. The molecule has 0 fully saturated rings. The van der Waals surface area contributed by atoms with E-state index >= 15 is 0 Å². The minimum atomic E-state index is 0.871. The first-order valence-corrected chi connectivity index (χ1v) is 6.43. The first-order chi connectivity index (χ1) is 8.84. The van der Waals surface area contributed by atoms with E-state index < -0.39 is 0 Å². The molecule has 2 heteroatoms. The monoisotopic (exact) mass is 252 g/mol. The number of nitrogens with zero attached hydrogens (tertiary/aromatic N) is 1. The molecule has 0 aliphatic carbocycles. The quantitative estimate of drug-likeness (QED) is 0.526. The average molecular weight is 252 g/mol. The summed E-state index contributed by atoms with van der Waals surface area (Å²) < 4.78 is 2.24. The lowest BCUT2D eigenvalue weighted by molar-refractivity contribution is -0.663. The molecule has 0 atom stereocenters. The SMILES string of the molecule is Sc1cccc2ccc[n+](Cc3ccccc3)c12. The van der Waals surface area contributed by atoms with E-state index in [1.54, 1.807) is 0 Å². The number of fused-ring (bicyclic) bond motifs is 1. The van der Waals surface area contributed by atoms with Gasteiger partial charge in [0, 0.05) is 17.0 Å². The highest BCUT2D eigenvalue weighted by molar-refractivity contribution is 7.80. The number of benzene rings is 2. The fourth-order valence-corrected chi connectivity index (χ4v) is 2.58. The van der Waals surface area contributed by atoms with E-state index in [-0.39, 0.29) is 0 Å². The highest BCUT2D eigenvalue weighted by Crippen LogP contribution is 2.18. The van der Waals surface area contributed by atoms with E-state index in [0.717, 1.165) is 11.4 Å². The number of hydrogen-bond donors (Lipinski definition) is 1. The van der Waals surface area contributed by atoms with Crippen molar-refractivity contribution in [3.8, 4) is 0 Å². The van der Waals surface area contributed by atoms with Crippen molar-refractivity contribution in [1.29, 1.82) is 0 Å². The molecule has 3 rings (SSSR count). The molecule has 1 heterocycles. The average Bonchev–Trinajstić information content (AvgIpc) is 2.40. The maximum absolute atomic E-state index is 4.57. The van der Waals surface area contributed by atoms with Crippen LogP contribution in [0.3, 0.4) is 0 Å². The Morgan fingerprint density at radius 1 is 0.833 bits per heavy atom. The van der Waals surface area contributed by atoms with Crippen molar-refractivity contribution < 1.29 is 4.57 Å². The minimum Gasteiger partial charge on any atom is -0.193 e. The molecule has 0 aliphatic rings. The van der Waals surface area contributed by atoms with E-state index in [9.17, 15) is 0 Å². The lowest BCUT2D eigenvalue weighted by Gasteiger charge is -2.03. The van der Waals surface area contributed by atoms with E-state index in [2.05, 4.69) is 65.9 Å². The molecular weight excluding hydrogens is 238 g/mol. The summed E-state index contributed by atoms with van der Waals surface area (Å²) in [6, 6.07) is 20.9. The highest BCUT2D eigenvalue weighted by atomic mass is 32.1. The second kappa shape index (κ2) is 4.83. The standard InChI is InChI=1S/C16H13NS/c18-15-10-4-8-14-9-5-11-17(16(14)15)12-13-6-2-1-3-7-13/h1-11H,12H2/p+1. The lowest BCUT2D eigenvalue weighted by Crippen LogP contribution is -2.34. The number of aromatic nitrogens is 1. The van der Waals surface area contributed by atoms with Crippen molar-refractivity contribution in [2.24, 2.45) is 0 Å². The predicted octanol–water partition coefficient (Wildman–Crippen LogP) is 3.46. The predicted molar refractivity (Wildman–Crippen MR) is 76.9 cm³/mol. The van der Waals surface area contributed by atoms with Crippen LogP contribution in [0.15, 0.2) is 71.8 Å². The van der Waals surface area contributed by atoms with Crippen molar-refractivity contribution >= 4 is 23.5 Å². The fourth-order valence-electron chi connectivity index (χ4n) is 2.23. The summed E-state index contributed by atoms with van der Waals surface area (Å²) >= 11 is 4.57. The van der Waals surface area contributed by atoms with Crippen LogP contribution in [0, 0.1) is 0 Å². The second-order valence-corrected chi connectivity index (χ2v) is 4.82. The van der Waals surface area contributed by atoms with Gasteiger partial charge in [-0.3, -0.25) is 0 Å². The Hall–Kier alpha value is -1.80. The minimum absolute atomic E-state index is 0.871. The summed E-state index contributed by atoms with van der Waals surface area (Å²) in [6.07, 6.45) is 2.11. The Labute approximate surface area is 112 Å². The number of rotatable bonds is 2. The molecule has 0 radical (unpaired) electrons. The molecule has 0 N–H and O–H groups in total. The Bertz CT molecular complexity index is 672.